The molecule has 0 amide bonds. The third-order valence-electron chi connectivity index (χ3n) is 4.08. The van der Waals surface area contributed by atoms with Crippen molar-refractivity contribution in [3.63, 3.8) is 0 Å². The number of rotatable bonds is 6. The Balaban J connectivity index is 2.06. The van der Waals surface area contributed by atoms with Crippen LogP contribution in [-0.4, -0.2) is 18.7 Å². The molecule has 1 aliphatic rings. The first kappa shape index (κ1) is 15.4. The van der Waals surface area contributed by atoms with Crippen molar-refractivity contribution >= 4 is 0 Å². The smallest absolute Gasteiger partial charge is 0.123 e. The third kappa shape index (κ3) is 4.24. The van der Waals surface area contributed by atoms with E-state index in [4.69, 9.17) is 4.74 Å². The zero-order valence-electron chi connectivity index (χ0n) is 13.2. The lowest BCUT2D eigenvalue weighted by Crippen LogP contribution is -2.34. The monoisotopic (exact) mass is 275 g/mol. The van der Waals surface area contributed by atoms with Crippen LogP contribution in [0.1, 0.15) is 64.4 Å². The fraction of sp³-hybridized carbons (Fsp3) is 0.667. The van der Waals surface area contributed by atoms with Gasteiger partial charge in [-0.25, -0.2) is 0 Å². The van der Waals surface area contributed by atoms with Gasteiger partial charge < -0.3 is 10.1 Å². The van der Waals surface area contributed by atoms with Crippen LogP contribution >= 0.6 is 0 Å². The molecule has 0 radical (unpaired) electrons. The summed E-state index contributed by atoms with van der Waals surface area (Å²) in [5.74, 6) is 1.73. The van der Waals surface area contributed by atoms with Gasteiger partial charge in [0.25, 0.3) is 0 Å². The number of hydrogen-bond acceptors (Lipinski definition) is 2. The number of ether oxygens (including phenoxy) is 1. The molecular formula is C18H29NO. The molecule has 1 fully saturated rings. The van der Waals surface area contributed by atoms with E-state index < -0.39 is 0 Å². The van der Waals surface area contributed by atoms with Crippen LogP contribution in [0.25, 0.3) is 0 Å². The van der Waals surface area contributed by atoms with Gasteiger partial charge in [0, 0.05) is 6.04 Å². The first-order valence-corrected chi connectivity index (χ1v) is 8.19. The van der Waals surface area contributed by atoms with Gasteiger partial charge in [0.05, 0.1) is 6.10 Å². The Kier molecular flexibility index (Phi) is 5.90. The van der Waals surface area contributed by atoms with Crippen molar-refractivity contribution in [2.24, 2.45) is 0 Å². The molecule has 0 aromatic heterocycles. The van der Waals surface area contributed by atoms with Gasteiger partial charge in [0.15, 0.2) is 0 Å². The van der Waals surface area contributed by atoms with Gasteiger partial charge in [-0.1, -0.05) is 31.5 Å². The van der Waals surface area contributed by atoms with Crippen LogP contribution in [0, 0.1) is 0 Å². The maximum absolute atomic E-state index is 5.99. The maximum Gasteiger partial charge on any atom is 0.123 e. The molecule has 1 aliphatic carbocycles. The van der Waals surface area contributed by atoms with Gasteiger partial charge in [-0.05, 0) is 63.6 Å². The van der Waals surface area contributed by atoms with Crippen LogP contribution < -0.4 is 10.1 Å². The van der Waals surface area contributed by atoms with Gasteiger partial charge in [0.1, 0.15) is 5.75 Å². The van der Waals surface area contributed by atoms with E-state index in [0.717, 1.165) is 12.3 Å². The molecule has 1 N–H and O–H groups in total. The summed E-state index contributed by atoms with van der Waals surface area (Å²) < 4.78 is 5.99. The van der Waals surface area contributed by atoms with E-state index in [1.165, 1.54) is 37.7 Å². The summed E-state index contributed by atoms with van der Waals surface area (Å²) in [6.45, 7) is 7.58. The molecule has 2 unspecified atom stereocenters. The van der Waals surface area contributed by atoms with Crippen molar-refractivity contribution < 1.29 is 4.74 Å². The second kappa shape index (κ2) is 7.68. The quantitative estimate of drug-likeness (QED) is 0.825. The van der Waals surface area contributed by atoms with Gasteiger partial charge in [0.2, 0.25) is 0 Å². The topological polar surface area (TPSA) is 21.3 Å². The average Bonchev–Trinajstić information content (AvgIpc) is 2.45. The minimum atomic E-state index is 0.244. The van der Waals surface area contributed by atoms with E-state index >= 15 is 0 Å². The van der Waals surface area contributed by atoms with E-state index in [-0.39, 0.29) is 6.10 Å². The molecule has 2 rings (SSSR count). The fourth-order valence-corrected chi connectivity index (χ4v) is 3.19. The van der Waals surface area contributed by atoms with Crippen LogP contribution in [0.5, 0.6) is 5.75 Å². The molecule has 1 aromatic rings. The molecule has 2 atom stereocenters. The van der Waals surface area contributed by atoms with Crippen LogP contribution in [0.2, 0.25) is 0 Å². The fourth-order valence-electron chi connectivity index (χ4n) is 3.19. The average molecular weight is 275 g/mol. The molecule has 112 valence electrons. The highest BCUT2D eigenvalue weighted by molar-refractivity contribution is 5.36. The Hall–Kier alpha value is -1.02. The lowest BCUT2D eigenvalue weighted by atomic mass is 9.81. The molecule has 0 bridgehead atoms. The number of nitrogens with one attached hydrogen (secondary N) is 1. The standard InChI is InChI=1S/C18H29NO/c1-4-12-19-16-9-7-8-15(13-16)17-10-5-6-11-18(17)20-14(2)3/h5-6,10-11,14-16,19H,4,7-9,12-13H2,1-3H3. The zero-order chi connectivity index (χ0) is 14.4. The van der Waals surface area contributed by atoms with Crippen LogP contribution in [0.4, 0.5) is 0 Å². The normalized spacial score (nSPS) is 23.0. The molecule has 0 aliphatic heterocycles. The van der Waals surface area contributed by atoms with E-state index in [1.807, 2.05) is 0 Å². The van der Waals surface area contributed by atoms with Crippen molar-refractivity contribution in [3.8, 4) is 5.75 Å². The summed E-state index contributed by atoms with van der Waals surface area (Å²) in [5, 5.41) is 3.69. The Morgan fingerprint density at radius 2 is 2.05 bits per heavy atom. The molecule has 0 saturated heterocycles. The van der Waals surface area contributed by atoms with Gasteiger partial charge in [-0.15, -0.1) is 0 Å². The predicted octanol–water partition coefficient (Wildman–Crippen LogP) is 4.50. The highest BCUT2D eigenvalue weighted by Crippen LogP contribution is 2.37. The highest BCUT2D eigenvalue weighted by atomic mass is 16.5. The minimum Gasteiger partial charge on any atom is -0.491 e. The van der Waals surface area contributed by atoms with Gasteiger partial charge >= 0.3 is 0 Å². The number of benzene rings is 1. The summed E-state index contributed by atoms with van der Waals surface area (Å²) in [6.07, 6.45) is 6.65. The molecule has 0 heterocycles. The van der Waals surface area contributed by atoms with Gasteiger partial charge in [-0.2, -0.15) is 0 Å². The van der Waals surface area contributed by atoms with E-state index in [2.05, 4.69) is 50.4 Å². The second-order valence-corrected chi connectivity index (χ2v) is 6.22. The Morgan fingerprint density at radius 1 is 1.25 bits per heavy atom. The van der Waals surface area contributed by atoms with Crippen LogP contribution in [-0.2, 0) is 0 Å². The first-order chi connectivity index (χ1) is 9.70. The third-order valence-corrected chi connectivity index (χ3v) is 4.08. The lowest BCUT2D eigenvalue weighted by Gasteiger charge is -2.31. The Morgan fingerprint density at radius 3 is 2.80 bits per heavy atom. The summed E-state index contributed by atoms with van der Waals surface area (Å²) in [7, 11) is 0. The summed E-state index contributed by atoms with van der Waals surface area (Å²) >= 11 is 0. The molecule has 1 aromatic carbocycles. The van der Waals surface area contributed by atoms with E-state index in [9.17, 15) is 0 Å². The molecule has 2 nitrogen and oxygen atoms in total. The molecule has 1 saturated carbocycles. The van der Waals surface area contributed by atoms with Gasteiger partial charge in [-0.3, -0.25) is 0 Å². The van der Waals surface area contributed by atoms with Crippen LogP contribution in [0.3, 0.4) is 0 Å². The van der Waals surface area contributed by atoms with Crippen LogP contribution in [0.15, 0.2) is 24.3 Å². The predicted molar refractivity (Wildman–Crippen MR) is 85.5 cm³/mol. The van der Waals surface area contributed by atoms with Crippen molar-refractivity contribution in [3.05, 3.63) is 29.8 Å². The Labute approximate surface area is 123 Å². The van der Waals surface area contributed by atoms with Crippen molar-refractivity contribution in [1.29, 1.82) is 0 Å². The number of para-hydroxylation sites is 1. The van der Waals surface area contributed by atoms with E-state index in [0.29, 0.717) is 12.0 Å². The second-order valence-electron chi connectivity index (χ2n) is 6.22. The minimum absolute atomic E-state index is 0.244. The highest BCUT2D eigenvalue weighted by Gasteiger charge is 2.25. The molecule has 20 heavy (non-hydrogen) atoms. The SMILES string of the molecule is CCCNC1CCCC(c2ccccc2OC(C)C)C1. The van der Waals surface area contributed by atoms with E-state index in [1.54, 1.807) is 0 Å². The summed E-state index contributed by atoms with van der Waals surface area (Å²) in [4.78, 5) is 0. The summed E-state index contributed by atoms with van der Waals surface area (Å²) in [6, 6.07) is 9.28. The first-order valence-electron chi connectivity index (χ1n) is 8.19. The largest absolute Gasteiger partial charge is 0.491 e. The Bertz CT molecular complexity index is 402. The maximum atomic E-state index is 5.99. The zero-order valence-corrected chi connectivity index (χ0v) is 13.2. The summed E-state index contributed by atoms with van der Waals surface area (Å²) in [5.41, 5.74) is 1.41. The number of hydrogen-bond donors (Lipinski definition) is 1. The molecular weight excluding hydrogens is 246 g/mol. The van der Waals surface area contributed by atoms with Crippen molar-refractivity contribution in [2.75, 3.05) is 6.54 Å². The lowest BCUT2D eigenvalue weighted by molar-refractivity contribution is 0.235. The van der Waals surface area contributed by atoms with Crippen molar-refractivity contribution in [1.82, 2.24) is 5.32 Å². The molecule has 2 heteroatoms. The molecule has 0 spiro atoms. The van der Waals surface area contributed by atoms with Crippen molar-refractivity contribution in [2.45, 2.75) is 70.9 Å².